The van der Waals surface area contributed by atoms with Gasteiger partial charge in [-0.2, -0.15) is 0 Å². The number of nitro benzene ring substituents is 1. The second-order valence-electron chi connectivity index (χ2n) is 7.30. The van der Waals surface area contributed by atoms with Crippen LogP contribution in [0.4, 0.5) is 17.1 Å². The highest BCUT2D eigenvalue weighted by atomic mass is 32.2. The van der Waals surface area contributed by atoms with Crippen molar-refractivity contribution in [2.24, 2.45) is 0 Å². The number of carbonyl (C=O) groups excluding carboxylic acids is 2. The maximum atomic E-state index is 12.6. The van der Waals surface area contributed by atoms with Gasteiger partial charge in [0.05, 0.1) is 10.2 Å². The number of rotatable bonds is 7. The Labute approximate surface area is 190 Å². The van der Waals surface area contributed by atoms with Gasteiger partial charge in [-0.05, 0) is 68.3 Å². The van der Waals surface area contributed by atoms with Crippen molar-refractivity contribution in [3.05, 3.63) is 93.5 Å². The van der Waals surface area contributed by atoms with Crippen molar-refractivity contribution in [1.29, 1.82) is 0 Å². The zero-order chi connectivity index (χ0) is 23.3. The molecule has 8 heteroatoms. The van der Waals surface area contributed by atoms with Crippen molar-refractivity contribution in [3.63, 3.8) is 0 Å². The highest BCUT2D eigenvalue weighted by molar-refractivity contribution is 8.00. The van der Waals surface area contributed by atoms with Crippen LogP contribution in [0.25, 0.3) is 0 Å². The molecule has 164 valence electrons. The summed E-state index contributed by atoms with van der Waals surface area (Å²) < 4.78 is 0. The quantitative estimate of drug-likeness (QED) is 0.278. The summed E-state index contributed by atoms with van der Waals surface area (Å²) in [5.74, 6) is -0.376. The van der Waals surface area contributed by atoms with Crippen LogP contribution in [0.5, 0.6) is 0 Å². The van der Waals surface area contributed by atoms with E-state index in [-0.39, 0.29) is 17.5 Å². The van der Waals surface area contributed by atoms with Crippen LogP contribution in [0, 0.1) is 24.0 Å². The van der Waals surface area contributed by atoms with Gasteiger partial charge in [-0.1, -0.05) is 18.2 Å². The Balaban J connectivity index is 1.59. The van der Waals surface area contributed by atoms with Gasteiger partial charge >= 0.3 is 0 Å². The molecule has 0 saturated heterocycles. The van der Waals surface area contributed by atoms with E-state index in [0.29, 0.717) is 22.5 Å². The summed E-state index contributed by atoms with van der Waals surface area (Å²) in [6.45, 7) is 5.39. The van der Waals surface area contributed by atoms with Crippen LogP contribution in [0.15, 0.2) is 71.6 Å². The molecule has 1 unspecified atom stereocenters. The van der Waals surface area contributed by atoms with Crippen LogP contribution in [0.3, 0.4) is 0 Å². The molecule has 0 radical (unpaired) electrons. The predicted molar refractivity (Wildman–Crippen MR) is 127 cm³/mol. The van der Waals surface area contributed by atoms with Crippen LogP contribution >= 0.6 is 11.8 Å². The lowest BCUT2D eigenvalue weighted by Crippen LogP contribution is -2.22. The van der Waals surface area contributed by atoms with Gasteiger partial charge in [0, 0.05) is 34.0 Å². The molecule has 32 heavy (non-hydrogen) atoms. The predicted octanol–water partition coefficient (Wildman–Crippen LogP) is 5.58. The van der Waals surface area contributed by atoms with Crippen molar-refractivity contribution < 1.29 is 14.5 Å². The Morgan fingerprint density at radius 2 is 1.62 bits per heavy atom. The smallest absolute Gasteiger partial charge is 0.269 e. The molecule has 3 aromatic carbocycles. The van der Waals surface area contributed by atoms with Crippen LogP contribution in [-0.2, 0) is 4.79 Å². The fourth-order valence-electron chi connectivity index (χ4n) is 3.04. The molecule has 0 aliphatic heterocycles. The molecule has 0 spiro atoms. The molecular weight excluding hydrogens is 426 g/mol. The minimum Gasteiger partial charge on any atom is -0.325 e. The first-order valence-corrected chi connectivity index (χ1v) is 10.8. The van der Waals surface area contributed by atoms with Crippen molar-refractivity contribution in [3.8, 4) is 0 Å². The number of non-ortho nitro benzene ring substituents is 1. The zero-order valence-corrected chi connectivity index (χ0v) is 18.7. The summed E-state index contributed by atoms with van der Waals surface area (Å²) in [5, 5.41) is 16.2. The summed E-state index contributed by atoms with van der Waals surface area (Å²) in [5.41, 5.74) is 3.35. The highest BCUT2D eigenvalue weighted by Gasteiger charge is 2.17. The number of nitrogens with zero attached hydrogens (tertiary/aromatic N) is 1. The normalized spacial score (nSPS) is 11.5. The van der Waals surface area contributed by atoms with E-state index in [1.54, 1.807) is 32.0 Å². The molecule has 0 fully saturated rings. The third-order valence-electron chi connectivity index (χ3n) is 4.86. The van der Waals surface area contributed by atoms with E-state index in [4.69, 9.17) is 0 Å². The summed E-state index contributed by atoms with van der Waals surface area (Å²) in [4.78, 5) is 36.3. The summed E-state index contributed by atoms with van der Waals surface area (Å²) >= 11 is 1.38. The number of nitrogens with one attached hydrogen (secondary N) is 2. The molecule has 0 heterocycles. The van der Waals surface area contributed by atoms with Gasteiger partial charge < -0.3 is 10.6 Å². The molecule has 3 rings (SSSR count). The minimum absolute atomic E-state index is 0.0162. The maximum absolute atomic E-state index is 12.6. The fraction of sp³-hybridized carbons (Fsp3) is 0.167. The lowest BCUT2D eigenvalue weighted by atomic mass is 10.1. The Hall–Kier alpha value is -3.65. The van der Waals surface area contributed by atoms with E-state index >= 15 is 0 Å². The molecule has 0 saturated carbocycles. The van der Waals surface area contributed by atoms with Crippen LogP contribution in [0.2, 0.25) is 0 Å². The van der Waals surface area contributed by atoms with E-state index < -0.39 is 10.2 Å². The lowest BCUT2D eigenvalue weighted by molar-refractivity contribution is -0.384. The fourth-order valence-corrected chi connectivity index (χ4v) is 3.90. The van der Waals surface area contributed by atoms with Gasteiger partial charge in [0.25, 0.3) is 11.6 Å². The van der Waals surface area contributed by atoms with Gasteiger partial charge in [-0.3, -0.25) is 19.7 Å². The number of carbonyl (C=O) groups is 2. The number of hydrogen-bond donors (Lipinski definition) is 2. The molecular formula is C24H23N3O4S. The lowest BCUT2D eigenvalue weighted by Gasteiger charge is -2.14. The average molecular weight is 450 g/mol. The Kier molecular flexibility index (Phi) is 7.27. The van der Waals surface area contributed by atoms with E-state index in [1.165, 1.54) is 30.0 Å². The second kappa shape index (κ2) is 10.1. The van der Waals surface area contributed by atoms with E-state index in [2.05, 4.69) is 10.6 Å². The molecule has 0 bridgehead atoms. The maximum Gasteiger partial charge on any atom is 0.269 e. The molecule has 1 atom stereocenters. The molecule has 0 aliphatic carbocycles. The number of benzene rings is 3. The van der Waals surface area contributed by atoms with Gasteiger partial charge in [0.15, 0.2) is 0 Å². The number of aryl methyl sites for hydroxylation is 2. The second-order valence-corrected chi connectivity index (χ2v) is 8.71. The first-order chi connectivity index (χ1) is 15.2. The van der Waals surface area contributed by atoms with E-state index in [0.717, 1.165) is 10.5 Å². The molecule has 0 aromatic heterocycles. The molecule has 0 aliphatic rings. The topological polar surface area (TPSA) is 101 Å². The van der Waals surface area contributed by atoms with Crippen LogP contribution < -0.4 is 10.6 Å². The zero-order valence-electron chi connectivity index (χ0n) is 17.9. The average Bonchev–Trinajstić information content (AvgIpc) is 2.76. The number of hydrogen-bond acceptors (Lipinski definition) is 5. The number of thioether (sulfide) groups is 1. The van der Waals surface area contributed by atoms with Crippen molar-refractivity contribution in [2.75, 3.05) is 10.6 Å². The molecule has 2 amide bonds. The number of amides is 2. The summed E-state index contributed by atoms with van der Waals surface area (Å²) in [7, 11) is 0. The summed E-state index contributed by atoms with van der Waals surface area (Å²) in [6, 6.07) is 19.0. The first kappa shape index (κ1) is 23.0. The molecule has 7 nitrogen and oxygen atoms in total. The highest BCUT2D eigenvalue weighted by Crippen LogP contribution is 2.27. The standard InChI is InChI=1S/C24H23N3O4S/c1-15-6-4-5-7-21(15)24(29)25-18-8-11-20(12-9-18)32-17(3)23(28)26-22-13-10-19(27(30)31)14-16(22)2/h4-14,17H,1-3H3,(H,25,29)(H,26,28). The van der Waals surface area contributed by atoms with E-state index in [9.17, 15) is 19.7 Å². The Morgan fingerprint density at radius 3 is 2.25 bits per heavy atom. The number of anilines is 2. The van der Waals surface area contributed by atoms with Crippen LogP contribution in [-0.4, -0.2) is 22.0 Å². The van der Waals surface area contributed by atoms with Gasteiger partial charge in [0.1, 0.15) is 0 Å². The van der Waals surface area contributed by atoms with Crippen molar-refractivity contribution >= 4 is 40.6 Å². The first-order valence-electron chi connectivity index (χ1n) is 9.94. The SMILES string of the molecule is Cc1cc([N+](=O)[O-])ccc1NC(=O)C(C)Sc1ccc(NC(=O)c2ccccc2C)cc1. The van der Waals surface area contributed by atoms with Crippen LogP contribution in [0.1, 0.15) is 28.4 Å². The minimum atomic E-state index is -0.468. The molecule has 2 N–H and O–H groups in total. The van der Waals surface area contributed by atoms with Crippen molar-refractivity contribution in [2.45, 2.75) is 30.9 Å². The Bertz CT molecular complexity index is 1160. The monoisotopic (exact) mass is 449 g/mol. The van der Waals surface area contributed by atoms with Crippen molar-refractivity contribution in [1.82, 2.24) is 0 Å². The Morgan fingerprint density at radius 1 is 0.938 bits per heavy atom. The largest absolute Gasteiger partial charge is 0.325 e. The van der Waals surface area contributed by atoms with Gasteiger partial charge in [-0.15, -0.1) is 11.8 Å². The number of nitro groups is 1. The van der Waals surface area contributed by atoms with E-state index in [1.807, 2.05) is 37.3 Å². The van der Waals surface area contributed by atoms with Gasteiger partial charge in [-0.25, -0.2) is 0 Å². The summed E-state index contributed by atoms with van der Waals surface area (Å²) in [6.07, 6.45) is 0. The third kappa shape index (κ3) is 5.73. The molecule has 3 aromatic rings. The van der Waals surface area contributed by atoms with Gasteiger partial charge in [0.2, 0.25) is 5.91 Å². The third-order valence-corrected chi connectivity index (χ3v) is 5.97.